The SMILES string of the molecule is CC.CNCCNC1CNC1. The highest BCUT2D eigenvalue weighted by Gasteiger charge is 2.13. The van der Waals surface area contributed by atoms with Gasteiger partial charge in [-0.25, -0.2) is 0 Å². The molecule has 0 aromatic rings. The van der Waals surface area contributed by atoms with Crippen LogP contribution in [0.15, 0.2) is 0 Å². The highest BCUT2D eigenvalue weighted by Crippen LogP contribution is 1.87. The number of hydrogen-bond donors (Lipinski definition) is 3. The highest BCUT2D eigenvalue weighted by molar-refractivity contribution is 4.81. The lowest BCUT2D eigenvalue weighted by Crippen LogP contribution is -2.56. The topological polar surface area (TPSA) is 36.1 Å². The van der Waals surface area contributed by atoms with Crippen molar-refractivity contribution in [3.63, 3.8) is 0 Å². The van der Waals surface area contributed by atoms with E-state index in [1.807, 2.05) is 20.9 Å². The second-order valence-corrected chi connectivity index (χ2v) is 2.41. The average molecular weight is 159 g/mol. The van der Waals surface area contributed by atoms with E-state index in [4.69, 9.17) is 0 Å². The molecule has 1 aliphatic heterocycles. The third-order valence-corrected chi connectivity index (χ3v) is 1.59. The van der Waals surface area contributed by atoms with Crippen molar-refractivity contribution >= 4 is 0 Å². The fourth-order valence-corrected chi connectivity index (χ4v) is 0.834. The summed E-state index contributed by atoms with van der Waals surface area (Å²) in [6, 6.07) is 0.735. The molecule has 0 unspecified atom stereocenters. The zero-order chi connectivity index (χ0) is 8.53. The van der Waals surface area contributed by atoms with Crippen molar-refractivity contribution < 1.29 is 0 Å². The Kier molecular flexibility index (Phi) is 7.89. The van der Waals surface area contributed by atoms with Gasteiger partial charge >= 0.3 is 0 Å². The van der Waals surface area contributed by atoms with E-state index in [0.717, 1.165) is 32.2 Å². The molecule has 1 fully saturated rings. The maximum Gasteiger partial charge on any atom is 0.0318 e. The summed E-state index contributed by atoms with van der Waals surface area (Å²) in [5.41, 5.74) is 0. The smallest absolute Gasteiger partial charge is 0.0318 e. The van der Waals surface area contributed by atoms with Crippen molar-refractivity contribution in [1.29, 1.82) is 0 Å². The first-order chi connectivity index (χ1) is 5.43. The molecule has 3 nitrogen and oxygen atoms in total. The molecular formula is C8H21N3. The zero-order valence-electron chi connectivity index (χ0n) is 7.91. The summed E-state index contributed by atoms with van der Waals surface area (Å²) < 4.78 is 0. The molecule has 0 radical (unpaired) electrons. The first-order valence-corrected chi connectivity index (χ1v) is 4.52. The van der Waals surface area contributed by atoms with Gasteiger partial charge in [0.2, 0.25) is 0 Å². The second-order valence-electron chi connectivity index (χ2n) is 2.41. The van der Waals surface area contributed by atoms with Crippen molar-refractivity contribution in [2.45, 2.75) is 19.9 Å². The van der Waals surface area contributed by atoms with Gasteiger partial charge in [-0.2, -0.15) is 0 Å². The molecule has 11 heavy (non-hydrogen) atoms. The first kappa shape index (κ1) is 10.9. The van der Waals surface area contributed by atoms with Crippen LogP contribution in [0.1, 0.15) is 13.8 Å². The number of rotatable bonds is 4. The second kappa shape index (κ2) is 7.98. The van der Waals surface area contributed by atoms with Crippen LogP contribution in [-0.4, -0.2) is 39.3 Å². The molecule has 0 atom stereocenters. The summed E-state index contributed by atoms with van der Waals surface area (Å²) in [4.78, 5) is 0. The lowest BCUT2D eigenvalue weighted by Gasteiger charge is -2.27. The van der Waals surface area contributed by atoms with E-state index in [2.05, 4.69) is 16.0 Å². The maximum absolute atomic E-state index is 3.40. The molecule has 0 bridgehead atoms. The van der Waals surface area contributed by atoms with Gasteiger partial charge in [-0.05, 0) is 7.05 Å². The van der Waals surface area contributed by atoms with Crippen molar-refractivity contribution in [3.05, 3.63) is 0 Å². The Balaban J connectivity index is 0.000000461. The minimum absolute atomic E-state index is 0.735. The van der Waals surface area contributed by atoms with E-state index in [-0.39, 0.29) is 0 Å². The average Bonchev–Trinajstić information content (AvgIpc) is 1.99. The molecular weight excluding hydrogens is 138 g/mol. The Hall–Kier alpha value is -0.120. The van der Waals surface area contributed by atoms with Gasteiger partial charge in [0.25, 0.3) is 0 Å². The van der Waals surface area contributed by atoms with Gasteiger partial charge < -0.3 is 16.0 Å². The Bertz CT molecular complexity index is 71.7. The van der Waals surface area contributed by atoms with Gasteiger partial charge in [-0.3, -0.25) is 0 Å². The minimum atomic E-state index is 0.735. The number of nitrogens with one attached hydrogen (secondary N) is 3. The van der Waals surface area contributed by atoms with Gasteiger partial charge in [0.1, 0.15) is 0 Å². The predicted molar refractivity (Wildman–Crippen MR) is 49.9 cm³/mol. The van der Waals surface area contributed by atoms with Crippen LogP contribution in [0.5, 0.6) is 0 Å². The fourth-order valence-electron chi connectivity index (χ4n) is 0.834. The summed E-state index contributed by atoms with van der Waals surface area (Å²) >= 11 is 0. The van der Waals surface area contributed by atoms with E-state index < -0.39 is 0 Å². The van der Waals surface area contributed by atoms with Crippen LogP contribution in [0.2, 0.25) is 0 Å². The third-order valence-electron chi connectivity index (χ3n) is 1.59. The summed E-state index contributed by atoms with van der Waals surface area (Å²) in [6.07, 6.45) is 0. The van der Waals surface area contributed by atoms with Crippen LogP contribution >= 0.6 is 0 Å². The molecule has 0 amide bonds. The molecule has 1 heterocycles. The number of hydrogen-bond acceptors (Lipinski definition) is 3. The van der Waals surface area contributed by atoms with E-state index in [9.17, 15) is 0 Å². The maximum atomic E-state index is 3.40. The molecule has 0 aliphatic carbocycles. The quantitative estimate of drug-likeness (QED) is 0.497. The van der Waals surface area contributed by atoms with E-state index in [0.29, 0.717) is 0 Å². The summed E-state index contributed by atoms with van der Waals surface area (Å²) in [5.74, 6) is 0. The largest absolute Gasteiger partial charge is 0.318 e. The van der Waals surface area contributed by atoms with Crippen LogP contribution in [0, 0.1) is 0 Å². The molecule has 0 saturated carbocycles. The van der Waals surface area contributed by atoms with Crippen molar-refractivity contribution in [2.75, 3.05) is 33.2 Å². The van der Waals surface area contributed by atoms with Gasteiger partial charge in [-0.15, -0.1) is 0 Å². The van der Waals surface area contributed by atoms with Crippen LogP contribution in [-0.2, 0) is 0 Å². The fraction of sp³-hybridized carbons (Fsp3) is 1.00. The lowest BCUT2D eigenvalue weighted by molar-refractivity contribution is 0.367. The summed E-state index contributed by atoms with van der Waals surface area (Å²) in [7, 11) is 1.97. The van der Waals surface area contributed by atoms with Gasteiger partial charge in [-0.1, -0.05) is 13.8 Å². The van der Waals surface area contributed by atoms with Gasteiger partial charge in [0, 0.05) is 32.2 Å². The molecule has 1 saturated heterocycles. The Labute approximate surface area is 69.9 Å². The van der Waals surface area contributed by atoms with Crippen LogP contribution in [0.25, 0.3) is 0 Å². The van der Waals surface area contributed by atoms with Crippen LogP contribution in [0.4, 0.5) is 0 Å². The molecule has 1 rings (SSSR count). The number of likely N-dealkylation sites (N-methyl/N-ethyl adjacent to an activating group) is 1. The Morgan fingerprint density at radius 2 is 1.91 bits per heavy atom. The molecule has 3 N–H and O–H groups in total. The monoisotopic (exact) mass is 159 g/mol. The zero-order valence-corrected chi connectivity index (χ0v) is 7.91. The van der Waals surface area contributed by atoms with Gasteiger partial charge in [0.15, 0.2) is 0 Å². The van der Waals surface area contributed by atoms with E-state index in [1.165, 1.54) is 0 Å². The van der Waals surface area contributed by atoms with Crippen molar-refractivity contribution in [3.8, 4) is 0 Å². The van der Waals surface area contributed by atoms with Crippen LogP contribution in [0.3, 0.4) is 0 Å². The first-order valence-electron chi connectivity index (χ1n) is 4.52. The predicted octanol–water partition coefficient (Wildman–Crippen LogP) is -0.207. The summed E-state index contributed by atoms with van der Waals surface area (Å²) in [6.45, 7) is 8.44. The molecule has 3 heteroatoms. The van der Waals surface area contributed by atoms with Gasteiger partial charge in [0.05, 0.1) is 0 Å². The molecule has 1 aliphatic rings. The Morgan fingerprint density at radius 3 is 2.27 bits per heavy atom. The molecule has 0 spiro atoms. The molecule has 0 aromatic carbocycles. The summed E-state index contributed by atoms with van der Waals surface area (Å²) in [5, 5.41) is 9.69. The highest BCUT2D eigenvalue weighted by atomic mass is 15.1. The minimum Gasteiger partial charge on any atom is -0.318 e. The molecule has 68 valence electrons. The van der Waals surface area contributed by atoms with Crippen molar-refractivity contribution in [2.24, 2.45) is 0 Å². The van der Waals surface area contributed by atoms with E-state index in [1.54, 1.807) is 0 Å². The standard InChI is InChI=1S/C6H15N3.C2H6/c1-7-2-3-9-6-4-8-5-6;1-2/h6-9H,2-5H2,1H3;1-2H3. The normalized spacial score (nSPS) is 16.6. The third kappa shape index (κ3) is 5.18. The Morgan fingerprint density at radius 1 is 1.27 bits per heavy atom. The van der Waals surface area contributed by atoms with Crippen molar-refractivity contribution in [1.82, 2.24) is 16.0 Å². The molecule has 0 aromatic heterocycles. The van der Waals surface area contributed by atoms with Crippen LogP contribution < -0.4 is 16.0 Å². The van der Waals surface area contributed by atoms with E-state index >= 15 is 0 Å². The lowest BCUT2D eigenvalue weighted by atomic mass is 10.2.